The van der Waals surface area contributed by atoms with Crippen molar-refractivity contribution in [2.45, 2.75) is 25.9 Å². The zero-order valence-electron chi connectivity index (χ0n) is 15.8. The van der Waals surface area contributed by atoms with Gasteiger partial charge in [0.25, 0.3) is 5.69 Å². The Labute approximate surface area is 167 Å². The molecule has 29 heavy (non-hydrogen) atoms. The zero-order chi connectivity index (χ0) is 21.0. The van der Waals surface area contributed by atoms with Gasteiger partial charge in [-0.05, 0) is 18.6 Å². The third-order valence-electron chi connectivity index (χ3n) is 4.81. The van der Waals surface area contributed by atoms with E-state index in [1.807, 2.05) is 0 Å². The number of esters is 1. The summed E-state index contributed by atoms with van der Waals surface area (Å²) in [7, 11) is 0. The molecule has 1 aliphatic heterocycles. The van der Waals surface area contributed by atoms with Crippen molar-refractivity contribution in [2.24, 2.45) is 5.92 Å². The summed E-state index contributed by atoms with van der Waals surface area (Å²) in [5.74, 6) is -1.85. The summed E-state index contributed by atoms with van der Waals surface area (Å²) < 4.78 is 5.43. The van der Waals surface area contributed by atoms with E-state index < -0.39 is 22.9 Å². The van der Waals surface area contributed by atoms with Gasteiger partial charge in [-0.1, -0.05) is 37.3 Å². The molecule has 1 heterocycles. The summed E-state index contributed by atoms with van der Waals surface area (Å²) in [4.78, 5) is 49.1. The Balaban J connectivity index is 1.66. The molecular formula is C21H20N2O6. The minimum Gasteiger partial charge on any atom is -0.454 e. The van der Waals surface area contributed by atoms with E-state index in [4.69, 9.17) is 4.74 Å². The topological polar surface area (TPSA) is 107 Å². The fraction of sp³-hybridized carbons (Fsp3) is 0.286. The molecule has 0 spiro atoms. The van der Waals surface area contributed by atoms with Gasteiger partial charge in [-0.25, -0.2) is 0 Å². The summed E-state index contributed by atoms with van der Waals surface area (Å²) in [5, 5.41) is 10.8. The van der Waals surface area contributed by atoms with Crippen LogP contribution in [0.2, 0.25) is 0 Å². The summed E-state index contributed by atoms with van der Waals surface area (Å²) in [6, 6.07) is 14.1. The number of nitro groups is 1. The van der Waals surface area contributed by atoms with Crippen LogP contribution in [0.4, 0.5) is 11.4 Å². The van der Waals surface area contributed by atoms with Crippen molar-refractivity contribution < 1.29 is 24.0 Å². The number of non-ortho nitro benzene ring substituents is 1. The fourth-order valence-electron chi connectivity index (χ4n) is 3.22. The number of amides is 1. The molecule has 1 fully saturated rings. The maximum absolute atomic E-state index is 12.6. The Morgan fingerprint density at radius 3 is 2.41 bits per heavy atom. The van der Waals surface area contributed by atoms with Gasteiger partial charge in [-0.2, -0.15) is 0 Å². The van der Waals surface area contributed by atoms with Crippen molar-refractivity contribution in [1.82, 2.24) is 0 Å². The quantitative estimate of drug-likeness (QED) is 0.308. The number of hydrogen-bond acceptors (Lipinski definition) is 6. The van der Waals surface area contributed by atoms with Gasteiger partial charge in [-0.3, -0.25) is 24.5 Å². The van der Waals surface area contributed by atoms with Crippen molar-refractivity contribution in [3.05, 3.63) is 70.3 Å². The number of carbonyl (C=O) groups is 3. The van der Waals surface area contributed by atoms with Crippen molar-refractivity contribution in [3.63, 3.8) is 0 Å². The van der Waals surface area contributed by atoms with Crippen LogP contribution in [0.3, 0.4) is 0 Å². The molecule has 8 nitrogen and oxygen atoms in total. The molecule has 150 valence electrons. The van der Waals surface area contributed by atoms with Crippen molar-refractivity contribution in [3.8, 4) is 0 Å². The maximum Gasteiger partial charge on any atom is 0.312 e. The van der Waals surface area contributed by atoms with E-state index in [9.17, 15) is 24.5 Å². The van der Waals surface area contributed by atoms with Crippen LogP contribution in [0.15, 0.2) is 54.6 Å². The van der Waals surface area contributed by atoms with Gasteiger partial charge in [0.1, 0.15) is 0 Å². The summed E-state index contributed by atoms with van der Waals surface area (Å²) >= 11 is 0. The number of anilines is 1. The molecular weight excluding hydrogens is 376 g/mol. The van der Waals surface area contributed by atoms with E-state index in [-0.39, 0.29) is 30.3 Å². The Hall–Kier alpha value is -3.55. The van der Waals surface area contributed by atoms with Crippen molar-refractivity contribution in [2.75, 3.05) is 11.4 Å². The Bertz CT molecular complexity index is 926. The predicted molar refractivity (Wildman–Crippen MR) is 104 cm³/mol. The van der Waals surface area contributed by atoms with Crippen LogP contribution in [-0.2, 0) is 14.3 Å². The first-order valence-electron chi connectivity index (χ1n) is 9.25. The first kappa shape index (κ1) is 20.2. The predicted octanol–water partition coefficient (Wildman–Crippen LogP) is 3.15. The lowest BCUT2D eigenvalue weighted by molar-refractivity contribution is -0.384. The molecule has 0 aliphatic carbocycles. The van der Waals surface area contributed by atoms with E-state index in [1.165, 1.54) is 29.2 Å². The first-order valence-corrected chi connectivity index (χ1v) is 9.25. The second-order valence-corrected chi connectivity index (χ2v) is 6.74. The van der Waals surface area contributed by atoms with E-state index in [1.54, 1.807) is 37.3 Å². The molecule has 0 radical (unpaired) electrons. The van der Waals surface area contributed by atoms with Crippen LogP contribution in [0, 0.1) is 16.0 Å². The number of Topliss-reactive ketones (excluding diaryl/α,β-unsaturated/α-hetero) is 1. The van der Waals surface area contributed by atoms with Gasteiger partial charge in [-0.15, -0.1) is 0 Å². The fourth-order valence-corrected chi connectivity index (χ4v) is 3.22. The minimum absolute atomic E-state index is 0.0359. The highest BCUT2D eigenvalue weighted by molar-refractivity contribution is 6.02. The normalized spacial score (nSPS) is 17.1. The Morgan fingerprint density at radius 1 is 1.17 bits per heavy atom. The van der Waals surface area contributed by atoms with Crippen LogP contribution >= 0.6 is 0 Å². The molecule has 3 rings (SSSR count). The highest BCUT2D eigenvalue weighted by atomic mass is 16.6. The van der Waals surface area contributed by atoms with Gasteiger partial charge in [0, 0.05) is 36.3 Å². The molecule has 0 unspecified atom stereocenters. The number of nitrogens with zero attached hydrogens (tertiary/aromatic N) is 2. The number of ketones is 1. The SMILES string of the molecule is CC[C@H](OC(=O)[C@H]1CC(=O)N(c2ccc([N+](=O)[O-])cc2)C1)C(=O)c1ccccc1. The second kappa shape index (κ2) is 8.64. The number of nitro benzene ring substituents is 1. The zero-order valence-corrected chi connectivity index (χ0v) is 15.8. The number of rotatable bonds is 7. The monoisotopic (exact) mass is 396 g/mol. The largest absolute Gasteiger partial charge is 0.454 e. The number of ether oxygens (including phenoxy) is 1. The van der Waals surface area contributed by atoms with Gasteiger partial charge in [0.15, 0.2) is 6.10 Å². The standard InChI is InChI=1S/C21H20N2O6/c1-2-18(20(25)14-6-4-3-5-7-14)29-21(26)15-12-19(24)22(13-15)16-8-10-17(11-9-16)23(27)28/h3-11,15,18H,2,12-13H2,1H3/t15-,18-/m0/s1. The number of benzene rings is 2. The summed E-state index contributed by atoms with van der Waals surface area (Å²) in [6.45, 7) is 1.85. The minimum atomic E-state index is -0.909. The third-order valence-corrected chi connectivity index (χ3v) is 4.81. The van der Waals surface area contributed by atoms with Crippen LogP contribution in [0.1, 0.15) is 30.1 Å². The lowest BCUT2D eigenvalue weighted by Crippen LogP contribution is -2.31. The van der Waals surface area contributed by atoms with E-state index in [0.29, 0.717) is 17.7 Å². The maximum atomic E-state index is 12.6. The molecule has 8 heteroatoms. The Morgan fingerprint density at radius 2 is 1.83 bits per heavy atom. The van der Waals surface area contributed by atoms with Gasteiger partial charge < -0.3 is 9.64 Å². The molecule has 2 aromatic carbocycles. The van der Waals surface area contributed by atoms with E-state index in [2.05, 4.69) is 0 Å². The van der Waals surface area contributed by atoms with Gasteiger partial charge in [0.2, 0.25) is 11.7 Å². The van der Waals surface area contributed by atoms with Crippen molar-refractivity contribution >= 4 is 29.0 Å². The smallest absolute Gasteiger partial charge is 0.312 e. The van der Waals surface area contributed by atoms with Crippen LogP contribution in [-0.4, -0.2) is 35.2 Å². The molecule has 1 amide bonds. The highest BCUT2D eigenvalue weighted by Crippen LogP contribution is 2.28. The highest BCUT2D eigenvalue weighted by Gasteiger charge is 2.38. The molecule has 2 atom stereocenters. The molecule has 0 bridgehead atoms. The second-order valence-electron chi connectivity index (χ2n) is 6.74. The lowest BCUT2D eigenvalue weighted by Gasteiger charge is -2.19. The van der Waals surface area contributed by atoms with E-state index >= 15 is 0 Å². The molecule has 0 saturated carbocycles. The van der Waals surface area contributed by atoms with Gasteiger partial charge >= 0.3 is 5.97 Å². The molecule has 0 N–H and O–H groups in total. The van der Waals surface area contributed by atoms with Crippen LogP contribution in [0.25, 0.3) is 0 Å². The summed E-state index contributed by atoms with van der Waals surface area (Å²) in [5.41, 5.74) is 0.854. The van der Waals surface area contributed by atoms with Crippen LogP contribution in [0.5, 0.6) is 0 Å². The molecule has 1 aliphatic rings. The molecule has 2 aromatic rings. The first-order chi connectivity index (χ1) is 13.9. The van der Waals surface area contributed by atoms with Gasteiger partial charge in [0.05, 0.1) is 10.8 Å². The third kappa shape index (κ3) is 4.48. The number of carbonyl (C=O) groups excluding carboxylic acids is 3. The average Bonchev–Trinajstić information content (AvgIpc) is 3.13. The lowest BCUT2D eigenvalue weighted by atomic mass is 10.0. The van der Waals surface area contributed by atoms with Crippen molar-refractivity contribution in [1.29, 1.82) is 0 Å². The molecule has 1 saturated heterocycles. The summed E-state index contributed by atoms with van der Waals surface area (Å²) in [6.07, 6.45) is -0.619. The molecule has 0 aromatic heterocycles. The average molecular weight is 396 g/mol. The Kier molecular flexibility index (Phi) is 6.01. The number of hydrogen-bond donors (Lipinski definition) is 0. The van der Waals surface area contributed by atoms with Crippen LogP contribution < -0.4 is 4.90 Å². The van der Waals surface area contributed by atoms with E-state index in [0.717, 1.165) is 0 Å².